The highest BCUT2D eigenvalue weighted by atomic mass is 16.6. The number of nitro benzene ring substituents is 1. The van der Waals surface area contributed by atoms with Gasteiger partial charge in [-0.3, -0.25) is 10.1 Å². The van der Waals surface area contributed by atoms with E-state index in [1.165, 1.54) is 25.3 Å². The lowest BCUT2D eigenvalue weighted by atomic mass is 10.1. The average molecular weight is 358 g/mol. The number of carbonyl (C=O) groups is 1. The molecule has 2 rings (SSSR count). The summed E-state index contributed by atoms with van der Waals surface area (Å²) in [5.74, 6) is -0.0462. The molecule has 7 heteroatoms. The number of nitrogens with zero attached hydrogens (tertiary/aromatic N) is 1. The molecule has 2 aromatic carbocycles. The zero-order valence-electron chi connectivity index (χ0n) is 14.8. The van der Waals surface area contributed by atoms with Gasteiger partial charge >= 0.3 is 5.97 Å². The smallest absolute Gasteiger partial charge is 0.347 e. The molecule has 0 amide bonds. The van der Waals surface area contributed by atoms with Crippen LogP contribution in [0.3, 0.4) is 0 Å². The number of anilines is 1. The molecule has 2 aromatic rings. The number of hydrogen-bond donors (Lipinski definition) is 1. The van der Waals surface area contributed by atoms with Gasteiger partial charge in [-0.2, -0.15) is 0 Å². The van der Waals surface area contributed by atoms with Gasteiger partial charge in [0.2, 0.25) is 0 Å². The van der Waals surface area contributed by atoms with Crippen LogP contribution in [0.1, 0.15) is 25.3 Å². The van der Waals surface area contributed by atoms with Gasteiger partial charge in [-0.1, -0.05) is 31.5 Å². The number of benzene rings is 2. The second-order valence-electron chi connectivity index (χ2n) is 5.69. The highest BCUT2D eigenvalue weighted by Gasteiger charge is 2.22. The Morgan fingerprint density at radius 2 is 1.96 bits per heavy atom. The van der Waals surface area contributed by atoms with Crippen molar-refractivity contribution in [1.29, 1.82) is 0 Å². The maximum Gasteiger partial charge on any atom is 0.347 e. The summed E-state index contributed by atoms with van der Waals surface area (Å²) >= 11 is 0. The second kappa shape index (κ2) is 9.41. The number of para-hydroxylation sites is 1. The zero-order chi connectivity index (χ0) is 18.9. The fraction of sp³-hybridized carbons (Fsp3) is 0.316. The van der Waals surface area contributed by atoms with E-state index in [4.69, 9.17) is 9.47 Å². The average Bonchev–Trinajstić information content (AvgIpc) is 2.66. The molecule has 26 heavy (non-hydrogen) atoms. The van der Waals surface area contributed by atoms with Crippen molar-refractivity contribution < 1.29 is 19.2 Å². The van der Waals surface area contributed by atoms with Crippen molar-refractivity contribution in [2.45, 2.75) is 32.4 Å². The molecule has 0 aliphatic heterocycles. The fourth-order valence-corrected chi connectivity index (χ4v) is 2.46. The Morgan fingerprint density at radius 1 is 1.23 bits per heavy atom. The molecule has 0 fully saturated rings. The molecular weight excluding hydrogens is 336 g/mol. The van der Waals surface area contributed by atoms with Crippen molar-refractivity contribution in [1.82, 2.24) is 0 Å². The van der Waals surface area contributed by atoms with Crippen molar-refractivity contribution in [2.24, 2.45) is 0 Å². The number of hydrogen-bond acceptors (Lipinski definition) is 6. The van der Waals surface area contributed by atoms with Gasteiger partial charge in [0.1, 0.15) is 5.75 Å². The number of nitrogens with one attached hydrogen (secondary N) is 1. The minimum atomic E-state index is -0.748. The Balaban J connectivity index is 2.25. The molecular formula is C19H22N2O5. The lowest BCUT2D eigenvalue weighted by Gasteiger charge is -2.19. The van der Waals surface area contributed by atoms with E-state index in [-0.39, 0.29) is 5.69 Å². The zero-order valence-corrected chi connectivity index (χ0v) is 14.8. The lowest BCUT2D eigenvalue weighted by Crippen LogP contribution is -2.28. The Kier molecular flexibility index (Phi) is 6.96. The molecule has 0 heterocycles. The summed E-state index contributed by atoms with van der Waals surface area (Å²) in [5.41, 5.74) is 1.43. The van der Waals surface area contributed by atoms with Crippen molar-refractivity contribution >= 4 is 17.3 Å². The first kappa shape index (κ1) is 19.2. The van der Waals surface area contributed by atoms with Crippen molar-refractivity contribution in [2.75, 3.05) is 12.4 Å². The maximum absolute atomic E-state index is 11.9. The molecule has 0 saturated heterocycles. The first-order valence-corrected chi connectivity index (χ1v) is 8.35. The van der Waals surface area contributed by atoms with E-state index in [2.05, 4.69) is 5.32 Å². The normalized spacial score (nSPS) is 11.5. The Hall–Kier alpha value is -3.09. The van der Waals surface area contributed by atoms with E-state index in [1.54, 1.807) is 0 Å². The molecule has 0 aliphatic carbocycles. The highest BCUT2D eigenvalue weighted by Crippen LogP contribution is 2.27. The third kappa shape index (κ3) is 5.20. The largest absolute Gasteiger partial charge is 0.478 e. The lowest BCUT2D eigenvalue weighted by molar-refractivity contribution is -0.384. The van der Waals surface area contributed by atoms with E-state index in [9.17, 15) is 14.9 Å². The monoisotopic (exact) mass is 358 g/mol. The summed E-state index contributed by atoms with van der Waals surface area (Å²) in [4.78, 5) is 22.5. The second-order valence-corrected chi connectivity index (χ2v) is 5.69. The molecule has 0 radical (unpaired) electrons. The van der Waals surface area contributed by atoms with Gasteiger partial charge in [0, 0.05) is 29.9 Å². The standard InChI is InChI=1S/C19H22N2O5/c1-3-7-18(19(22)25-2)26-17-11-10-16(21(23)24)12-14(17)13-20-15-8-5-4-6-9-15/h4-6,8-12,18,20H,3,7,13H2,1-2H3. The summed E-state index contributed by atoms with van der Waals surface area (Å²) in [5, 5.41) is 14.3. The third-order valence-electron chi connectivity index (χ3n) is 3.80. The Bertz CT molecular complexity index is 749. The first-order valence-electron chi connectivity index (χ1n) is 8.35. The summed E-state index contributed by atoms with van der Waals surface area (Å²) in [7, 11) is 1.31. The highest BCUT2D eigenvalue weighted by molar-refractivity contribution is 5.75. The molecule has 138 valence electrons. The number of esters is 1. The van der Waals surface area contributed by atoms with Crippen LogP contribution in [0.15, 0.2) is 48.5 Å². The molecule has 0 spiro atoms. The van der Waals surface area contributed by atoms with E-state index >= 15 is 0 Å². The summed E-state index contributed by atoms with van der Waals surface area (Å²) < 4.78 is 10.6. The van der Waals surface area contributed by atoms with E-state index in [1.807, 2.05) is 37.3 Å². The maximum atomic E-state index is 11.9. The van der Waals surface area contributed by atoms with Gasteiger partial charge in [0.15, 0.2) is 6.10 Å². The number of methoxy groups -OCH3 is 1. The fourth-order valence-electron chi connectivity index (χ4n) is 2.46. The van der Waals surface area contributed by atoms with Crippen LogP contribution in [-0.4, -0.2) is 24.1 Å². The van der Waals surface area contributed by atoms with Gasteiger partial charge in [0.25, 0.3) is 5.69 Å². The minimum Gasteiger partial charge on any atom is -0.478 e. The van der Waals surface area contributed by atoms with Crippen LogP contribution >= 0.6 is 0 Å². The SMILES string of the molecule is CCCC(Oc1ccc([N+](=O)[O-])cc1CNc1ccccc1)C(=O)OC. The van der Waals surface area contributed by atoms with Gasteiger partial charge < -0.3 is 14.8 Å². The van der Waals surface area contributed by atoms with Crippen LogP contribution in [0.4, 0.5) is 11.4 Å². The van der Waals surface area contributed by atoms with Gasteiger partial charge in [-0.05, 0) is 24.6 Å². The van der Waals surface area contributed by atoms with Crippen LogP contribution in [-0.2, 0) is 16.1 Å². The third-order valence-corrected chi connectivity index (χ3v) is 3.80. The number of nitro groups is 1. The molecule has 0 aliphatic rings. The molecule has 1 N–H and O–H groups in total. The topological polar surface area (TPSA) is 90.7 Å². The van der Waals surface area contributed by atoms with Crippen LogP contribution < -0.4 is 10.1 Å². The predicted octanol–water partition coefficient (Wildman–Crippen LogP) is 3.93. The first-order chi connectivity index (χ1) is 12.5. The summed E-state index contributed by atoms with van der Waals surface area (Å²) in [6, 6.07) is 13.8. The van der Waals surface area contributed by atoms with Crippen molar-refractivity contribution in [3.8, 4) is 5.75 Å². The summed E-state index contributed by atoms with van der Waals surface area (Å²) in [6.45, 7) is 2.26. The number of rotatable bonds is 9. The van der Waals surface area contributed by atoms with Gasteiger partial charge in [0.05, 0.1) is 12.0 Å². The molecule has 7 nitrogen and oxygen atoms in total. The summed E-state index contributed by atoms with van der Waals surface area (Å²) in [6.07, 6.45) is 0.487. The van der Waals surface area contributed by atoms with E-state index in [0.29, 0.717) is 24.3 Å². The minimum absolute atomic E-state index is 0.0349. The molecule has 0 saturated carbocycles. The van der Waals surface area contributed by atoms with Crippen LogP contribution in [0.2, 0.25) is 0 Å². The van der Waals surface area contributed by atoms with E-state index < -0.39 is 17.0 Å². The predicted molar refractivity (Wildman–Crippen MR) is 98.2 cm³/mol. The molecule has 0 aromatic heterocycles. The number of carbonyl (C=O) groups excluding carboxylic acids is 1. The Labute approximate surface area is 152 Å². The van der Waals surface area contributed by atoms with Gasteiger partial charge in [-0.25, -0.2) is 4.79 Å². The number of non-ortho nitro benzene ring substituents is 1. The molecule has 1 unspecified atom stereocenters. The van der Waals surface area contributed by atoms with Crippen molar-refractivity contribution in [3.05, 3.63) is 64.2 Å². The molecule has 1 atom stereocenters. The van der Waals surface area contributed by atoms with Gasteiger partial charge in [-0.15, -0.1) is 0 Å². The Morgan fingerprint density at radius 3 is 2.58 bits per heavy atom. The van der Waals surface area contributed by atoms with Crippen LogP contribution in [0.25, 0.3) is 0 Å². The number of ether oxygens (including phenoxy) is 2. The van der Waals surface area contributed by atoms with E-state index in [0.717, 1.165) is 12.1 Å². The van der Waals surface area contributed by atoms with Crippen molar-refractivity contribution in [3.63, 3.8) is 0 Å². The molecule has 0 bridgehead atoms. The van der Waals surface area contributed by atoms with Crippen LogP contribution in [0, 0.1) is 10.1 Å². The van der Waals surface area contributed by atoms with Crippen LogP contribution in [0.5, 0.6) is 5.75 Å². The quantitative estimate of drug-likeness (QED) is 0.415.